The number of carboxylic acid groups (broad SMARTS) is 1. The third kappa shape index (κ3) is 5.05. The van der Waals surface area contributed by atoms with Crippen molar-refractivity contribution in [3.8, 4) is 0 Å². The van der Waals surface area contributed by atoms with E-state index >= 15 is 0 Å². The fourth-order valence-corrected chi connectivity index (χ4v) is 3.22. The molecule has 1 N–H and O–H groups in total. The summed E-state index contributed by atoms with van der Waals surface area (Å²) in [7, 11) is 0. The van der Waals surface area contributed by atoms with Gasteiger partial charge >= 0.3 is 11.9 Å². The summed E-state index contributed by atoms with van der Waals surface area (Å²) in [4.78, 5) is 27.0. The van der Waals surface area contributed by atoms with Gasteiger partial charge in [0.05, 0.1) is 24.5 Å². The number of rotatable bonds is 7. The minimum atomic E-state index is -0.860. The number of hydrogen-bond donors (Lipinski definition) is 1. The van der Waals surface area contributed by atoms with Crippen molar-refractivity contribution in [2.45, 2.75) is 31.0 Å². The number of nitrogens with zero attached hydrogens (tertiary/aromatic N) is 1. The van der Waals surface area contributed by atoms with E-state index < -0.39 is 5.97 Å². The van der Waals surface area contributed by atoms with Crippen molar-refractivity contribution in [3.05, 3.63) is 10.6 Å². The van der Waals surface area contributed by atoms with Gasteiger partial charge in [-0.1, -0.05) is 11.8 Å². The van der Waals surface area contributed by atoms with Gasteiger partial charge in [-0.05, 0) is 20.3 Å². The summed E-state index contributed by atoms with van der Waals surface area (Å²) in [6.07, 6.45) is 0.926. The van der Waals surface area contributed by atoms with Crippen LogP contribution in [0.4, 0.5) is 0 Å². The Bertz CT molecular complexity index is 431. The largest absolute Gasteiger partial charge is 0.481 e. The number of carbonyl (C=O) groups is 2. The molecular weight excluding hydrogens is 274 g/mol. The molecule has 7 heteroatoms. The summed E-state index contributed by atoms with van der Waals surface area (Å²) < 4.78 is 5.58. The van der Waals surface area contributed by atoms with Gasteiger partial charge in [-0.15, -0.1) is 11.3 Å². The number of thioether (sulfide) groups is 1. The fourth-order valence-electron chi connectivity index (χ4n) is 1.27. The van der Waals surface area contributed by atoms with Crippen LogP contribution in [0.1, 0.15) is 23.9 Å². The van der Waals surface area contributed by atoms with Gasteiger partial charge in [-0.3, -0.25) is 9.59 Å². The molecule has 1 aromatic heterocycles. The molecule has 0 aliphatic rings. The second kappa shape index (κ2) is 7.38. The molecule has 0 radical (unpaired) electrons. The van der Waals surface area contributed by atoms with E-state index in [2.05, 4.69) is 4.98 Å². The molecule has 1 heterocycles. The highest BCUT2D eigenvalue weighted by molar-refractivity contribution is 8.01. The minimum Gasteiger partial charge on any atom is -0.481 e. The van der Waals surface area contributed by atoms with Crippen molar-refractivity contribution in [3.63, 3.8) is 0 Å². The van der Waals surface area contributed by atoms with Crippen LogP contribution in [-0.4, -0.2) is 34.4 Å². The first kappa shape index (κ1) is 15.0. The molecule has 0 saturated carbocycles. The lowest BCUT2D eigenvalue weighted by Gasteiger charge is -2.00. The topological polar surface area (TPSA) is 76.5 Å². The Morgan fingerprint density at radius 3 is 2.83 bits per heavy atom. The molecule has 100 valence electrons. The van der Waals surface area contributed by atoms with E-state index in [0.717, 1.165) is 14.9 Å². The van der Waals surface area contributed by atoms with Crippen molar-refractivity contribution in [2.24, 2.45) is 0 Å². The number of hydrogen-bond acceptors (Lipinski definition) is 6. The smallest absolute Gasteiger partial charge is 0.313 e. The lowest BCUT2D eigenvalue weighted by molar-refractivity contribution is -0.143. The summed E-state index contributed by atoms with van der Waals surface area (Å²) in [5.74, 6) is -1.07. The molecule has 0 spiro atoms. The standard InChI is InChI=1S/C11H15NO4S2/c1-3-16-10(15)5-4-8-7(2)12-11(18-8)17-6-9(13)14/h3-6H2,1-2H3,(H,13,14). The van der Waals surface area contributed by atoms with Crippen molar-refractivity contribution in [2.75, 3.05) is 12.4 Å². The molecule has 0 unspecified atom stereocenters. The Labute approximate surface area is 114 Å². The predicted molar refractivity (Wildman–Crippen MR) is 70.2 cm³/mol. The van der Waals surface area contributed by atoms with Crippen LogP contribution in [-0.2, 0) is 20.7 Å². The second-order valence-corrected chi connectivity index (χ2v) is 5.78. The quantitative estimate of drug-likeness (QED) is 0.612. The van der Waals surface area contributed by atoms with Gasteiger partial charge in [0.15, 0.2) is 4.34 Å². The van der Waals surface area contributed by atoms with Crippen molar-refractivity contribution < 1.29 is 19.4 Å². The van der Waals surface area contributed by atoms with Gasteiger partial charge in [0.2, 0.25) is 0 Å². The number of ether oxygens (including phenoxy) is 1. The van der Waals surface area contributed by atoms with Gasteiger partial charge in [0.25, 0.3) is 0 Å². The number of carbonyl (C=O) groups excluding carboxylic acids is 1. The van der Waals surface area contributed by atoms with Gasteiger partial charge < -0.3 is 9.84 Å². The molecule has 0 fully saturated rings. The molecule has 0 aromatic carbocycles. The van der Waals surface area contributed by atoms with E-state index in [9.17, 15) is 9.59 Å². The second-order valence-electron chi connectivity index (χ2n) is 3.48. The Morgan fingerprint density at radius 1 is 1.50 bits per heavy atom. The minimum absolute atomic E-state index is 0.00424. The summed E-state index contributed by atoms with van der Waals surface area (Å²) in [6, 6.07) is 0. The van der Waals surface area contributed by atoms with E-state index in [4.69, 9.17) is 9.84 Å². The molecule has 0 aliphatic carbocycles. The van der Waals surface area contributed by atoms with E-state index in [0.29, 0.717) is 19.4 Å². The van der Waals surface area contributed by atoms with Crippen LogP contribution in [0.2, 0.25) is 0 Å². The molecule has 0 amide bonds. The summed E-state index contributed by atoms with van der Waals surface area (Å²) in [5, 5.41) is 8.58. The lowest BCUT2D eigenvalue weighted by atomic mass is 10.2. The Hall–Kier alpha value is -1.08. The average Bonchev–Trinajstić information content (AvgIpc) is 2.65. The zero-order valence-electron chi connectivity index (χ0n) is 10.3. The SMILES string of the molecule is CCOC(=O)CCc1sc(SCC(=O)O)nc1C. The average molecular weight is 289 g/mol. The number of aryl methyl sites for hydroxylation is 2. The summed E-state index contributed by atoms with van der Waals surface area (Å²) in [5.41, 5.74) is 0.859. The molecule has 18 heavy (non-hydrogen) atoms. The van der Waals surface area contributed by atoms with Crippen molar-refractivity contribution >= 4 is 35.0 Å². The third-order valence-corrected chi connectivity index (χ3v) is 4.40. The number of carboxylic acids is 1. The third-order valence-electron chi connectivity index (χ3n) is 2.05. The normalized spacial score (nSPS) is 10.3. The van der Waals surface area contributed by atoms with Crippen LogP contribution in [0.3, 0.4) is 0 Å². The lowest BCUT2D eigenvalue weighted by Crippen LogP contribution is -2.04. The first-order valence-corrected chi connectivity index (χ1v) is 7.29. The molecular formula is C11H15NO4S2. The molecule has 5 nitrogen and oxygen atoms in total. The zero-order valence-corrected chi connectivity index (χ0v) is 11.9. The highest BCUT2D eigenvalue weighted by Crippen LogP contribution is 2.27. The van der Waals surface area contributed by atoms with Crippen LogP contribution >= 0.6 is 23.1 Å². The maximum absolute atomic E-state index is 11.2. The van der Waals surface area contributed by atoms with Crippen LogP contribution < -0.4 is 0 Å². The van der Waals surface area contributed by atoms with Gasteiger partial charge in [-0.25, -0.2) is 4.98 Å². The molecule has 1 aromatic rings. The van der Waals surface area contributed by atoms with Crippen molar-refractivity contribution in [1.82, 2.24) is 4.98 Å². The maximum atomic E-state index is 11.2. The van der Waals surface area contributed by atoms with Crippen molar-refractivity contribution in [1.29, 1.82) is 0 Å². The first-order valence-electron chi connectivity index (χ1n) is 5.49. The number of thiazole rings is 1. The molecule has 0 atom stereocenters. The van der Waals surface area contributed by atoms with E-state index in [1.54, 1.807) is 6.92 Å². The van der Waals surface area contributed by atoms with Crippen LogP contribution in [0.25, 0.3) is 0 Å². The first-order chi connectivity index (χ1) is 8.52. The predicted octanol–water partition coefficient (Wildman–Crippen LogP) is 2.12. The van der Waals surface area contributed by atoms with Crippen LogP contribution in [0, 0.1) is 6.92 Å². The fraction of sp³-hybridized carbons (Fsp3) is 0.545. The van der Waals surface area contributed by atoms with Gasteiger partial charge in [-0.2, -0.15) is 0 Å². The number of esters is 1. The van der Waals surface area contributed by atoms with Crippen LogP contribution in [0.5, 0.6) is 0 Å². The van der Waals surface area contributed by atoms with E-state index in [1.807, 2.05) is 6.92 Å². The molecule has 0 bridgehead atoms. The highest BCUT2D eigenvalue weighted by Gasteiger charge is 2.11. The van der Waals surface area contributed by atoms with Gasteiger partial charge in [0.1, 0.15) is 0 Å². The van der Waals surface area contributed by atoms with E-state index in [-0.39, 0.29) is 11.7 Å². The monoisotopic (exact) mass is 289 g/mol. The zero-order chi connectivity index (χ0) is 13.5. The van der Waals surface area contributed by atoms with Crippen LogP contribution in [0.15, 0.2) is 4.34 Å². The Kier molecular flexibility index (Phi) is 6.14. The highest BCUT2D eigenvalue weighted by atomic mass is 32.2. The van der Waals surface area contributed by atoms with Gasteiger partial charge in [0, 0.05) is 4.88 Å². The molecule has 0 saturated heterocycles. The van der Waals surface area contributed by atoms with E-state index in [1.165, 1.54) is 23.1 Å². The Balaban J connectivity index is 2.51. The summed E-state index contributed by atoms with van der Waals surface area (Å²) >= 11 is 2.64. The summed E-state index contributed by atoms with van der Waals surface area (Å²) in [6.45, 7) is 4.03. The Morgan fingerprint density at radius 2 is 2.22 bits per heavy atom. The molecule has 0 aliphatic heterocycles. The number of aromatic nitrogens is 1. The number of aliphatic carboxylic acids is 1. The molecule has 1 rings (SSSR count). The maximum Gasteiger partial charge on any atom is 0.313 e.